The van der Waals surface area contributed by atoms with Crippen molar-refractivity contribution in [2.75, 3.05) is 0 Å². The van der Waals surface area contributed by atoms with Crippen molar-refractivity contribution in [2.45, 2.75) is 24.7 Å². The molecule has 1 aliphatic rings. The molecule has 23 heteroatoms. The number of benzene rings is 1. The molecule has 41 heavy (non-hydrogen) atoms. The summed E-state index contributed by atoms with van der Waals surface area (Å²) in [6.45, 7) is 0. The van der Waals surface area contributed by atoms with Gasteiger partial charge in [-0.1, -0.05) is 34.1 Å². The van der Waals surface area contributed by atoms with E-state index in [4.69, 9.17) is 4.42 Å². The van der Waals surface area contributed by atoms with Crippen LogP contribution in [0.3, 0.4) is 0 Å². The predicted molar refractivity (Wildman–Crippen MR) is 109 cm³/mol. The summed E-state index contributed by atoms with van der Waals surface area (Å²) in [5.41, 5.74) is 1.60. The molecule has 1 aromatic carbocycles. The van der Waals surface area contributed by atoms with Crippen LogP contribution in [0.4, 0.5) is 52.7 Å². The zero-order valence-corrected chi connectivity index (χ0v) is 21.1. The minimum Gasteiger partial charge on any atom is -0.869 e. The summed E-state index contributed by atoms with van der Waals surface area (Å²) >= 11 is 0. The quantitative estimate of drug-likeness (QED) is 0.109. The normalized spacial score (nSPS) is 14.5. The fourth-order valence-corrected chi connectivity index (χ4v) is 2.85. The Hall–Kier alpha value is -3.07. The van der Waals surface area contributed by atoms with Crippen LogP contribution in [-0.4, -0.2) is 47.1 Å². The van der Waals surface area contributed by atoms with Crippen LogP contribution in [0.1, 0.15) is 5.89 Å². The summed E-state index contributed by atoms with van der Waals surface area (Å²) in [7, 11) is 2.65. The summed E-state index contributed by atoms with van der Waals surface area (Å²) in [6.07, 6.45) is -23.9. The molecular formula is C18H6F12N3NiO5S2. The van der Waals surface area contributed by atoms with Gasteiger partial charge in [-0.25, -0.2) is 4.98 Å². The van der Waals surface area contributed by atoms with Gasteiger partial charge in [0.2, 0.25) is 5.89 Å². The number of hydrogen-bond donors (Lipinski definition) is 0. The smallest absolute Gasteiger partial charge is 0.869 e. The first-order chi connectivity index (χ1) is 18.0. The van der Waals surface area contributed by atoms with Crippen LogP contribution >= 0.6 is 22.0 Å². The molecule has 2 heterocycles. The van der Waals surface area contributed by atoms with E-state index in [1.54, 1.807) is 0 Å². The van der Waals surface area contributed by atoms with Crippen molar-refractivity contribution in [3.05, 3.63) is 58.5 Å². The standard InChI is InChI=1S/C8H4N3OS2.2C5H2F6O2.Ni/c1-2-4-6-5(3-1)9-8(12-6)7-10-13-14-11-7;2*6-4(7,8)2(12)1-3(13)5(9,10)11;/h1-4H;2*1,12H;/q-1;;;+3/p-2/b;2*2-1-;. The van der Waals surface area contributed by atoms with Crippen molar-refractivity contribution < 1.29 is 93.4 Å². The van der Waals surface area contributed by atoms with Gasteiger partial charge in [0.15, 0.2) is 5.58 Å². The van der Waals surface area contributed by atoms with Gasteiger partial charge >= 0.3 is 41.2 Å². The topological polar surface area (TPSA) is 133 Å². The van der Waals surface area contributed by atoms with Crippen LogP contribution in [0.25, 0.3) is 15.8 Å². The van der Waals surface area contributed by atoms with Gasteiger partial charge in [0.05, 0.1) is 0 Å². The number of fused-ring (bicyclic) bond motifs is 1. The van der Waals surface area contributed by atoms with Gasteiger partial charge in [-0.15, -0.1) is 0 Å². The average Bonchev–Trinajstić information content (AvgIpc) is 3.47. The number of carbonyl (C=O) groups excluding carboxylic acids is 2. The van der Waals surface area contributed by atoms with Crippen LogP contribution in [0, 0.1) is 0 Å². The van der Waals surface area contributed by atoms with E-state index in [0.29, 0.717) is 11.7 Å². The Labute approximate surface area is 236 Å². The molecule has 0 amide bonds. The maximum atomic E-state index is 11.3. The number of amidine groups is 1. The fourth-order valence-electron chi connectivity index (χ4n) is 1.73. The van der Waals surface area contributed by atoms with E-state index < -0.39 is 59.9 Å². The number of carbonyl (C=O) groups is 2. The fraction of sp³-hybridized carbons (Fsp3) is 0.222. The van der Waals surface area contributed by atoms with E-state index in [-0.39, 0.29) is 16.5 Å². The molecule has 229 valence electrons. The Morgan fingerprint density at radius 3 is 1.56 bits per heavy atom. The molecule has 1 aromatic heterocycles. The number of para-hydroxylation sites is 2. The molecule has 1 radical (unpaired) electrons. The van der Waals surface area contributed by atoms with Crippen LogP contribution in [0.2, 0.25) is 0 Å². The van der Waals surface area contributed by atoms with Gasteiger partial charge in [-0.2, -0.15) is 52.7 Å². The van der Waals surface area contributed by atoms with Crippen LogP contribution < -0.4 is 10.2 Å². The molecule has 2 aromatic rings. The number of ketones is 2. The largest absolute Gasteiger partial charge is 3.00 e. The zero-order chi connectivity index (χ0) is 31.1. The van der Waals surface area contributed by atoms with Crippen molar-refractivity contribution >= 4 is 50.5 Å². The van der Waals surface area contributed by atoms with E-state index in [1.165, 1.54) is 22.0 Å². The third-order valence-corrected chi connectivity index (χ3v) is 4.62. The molecule has 0 saturated carbocycles. The van der Waals surface area contributed by atoms with E-state index in [9.17, 15) is 72.5 Å². The van der Waals surface area contributed by atoms with Gasteiger partial charge < -0.3 is 23.8 Å². The van der Waals surface area contributed by atoms with Gasteiger partial charge in [-0.05, 0) is 35.8 Å². The summed E-state index contributed by atoms with van der Waals surface area (Å²) in [6, 6.07) is 7.61. The van der Waals surface area contributed by atoms with Crippen molar-refractivity contribution in [3.63, 3.8) is 0 Å². The maximum absolute atomic E-state index is 11.3. The molecule has 0 N–H and O–H groups in total. The number of hydrogen-bond acceptors (Lipinski definition) is 9. The van der Waals surface area contributed by atoms with E-state index >= 15 is 0 Å². The monoisotopic (exact) mass is 694 g/mol. The Kier molecular flexibility index (Phi) is 13.6. The minimum absolute atomic E-state index is 0. The molecule has 0 spiro atoms. The summed E-state index contributed by atoms with van der Waals surface area (Å²) in [5.74, 6) is -10.2. The SMILES string of the molecule is O=C(/C=C(\[O-])C(F)(F)F)C(F)(F)F.O=C(/C=C(\[O-])C(F)(F)F)C(F)(F)F.[Ni+3].c1ccc2oc(C3=NSS[N-]3)nc2c1. The number of halogens is 12. The summed E-state index contributed by atoms with van der Waals surface area (Å²) in [4.78, 5) is 23.9. The number of oxazole rings is 1. The molecule has 0 bridgehead atoms. The van der Waals surface area contributed by atoms with Crippen molar-refractivity contribution in [1.82, 2.24) is 4.98 Å². The first-order valence-corrected chi connectivity index (χ1v) is 11.2. The Morgan fingerprint density at radius 1 is 0.780 bits per heavy atom. The zero-order valence-electron chi connectivity index (χ0n) is 18.5. The minimum atomic E-state index is -5.46. The van der Waals surface area contributed by atoms with Gasteiger partial charge in [0, 0.05) is 5.84 Å². The van der Waals surface area contributed by atoms with E-state index in [2.05, 4.69) is 14.1 Å². The summed E-state index contributed by atoms with van der Waals surface area (Å²) in [5, 5.41) is 19.6. The van der Waals surface area contributed by atoms with Crippen molar-refractivity contribution in [3.8, 4) is 0 Å². The maximum Gasteiger partial charge on any atom is 3.00 e. The second kappa shape index (κ2) is 14.7. The van der Waals surface area contributed by atoms with Gasteiger partial charge in [0.1, 0.15) is 5.52 Å². The van der Waals surface area contributed by atoms with E-state index in [0.717, 1.165) is 11.1 Å². The first kappa shape index (κ1) is 37.9. The second-order valence-electron chi connectivity index (χ2n) is 6.38. The van der Waals surface area contributed by atoms with E-state index in [1.807, 2.05) is 24.3 Å². The summed E-state index contributed by atoms with van der Waals surface area (Å²) < 4.78 is 149. The number of allylic oxidation sites excluding steroid dienone is 4. The Morgan fingerprint density at radius 2 is 1.22 bits per heavy atom. The average molecular weight is 695 g/mol. The number of rotatable bonds is 3. The third kappa shape index (κ3) is 13.0. The van der Waals surface area contributed by atoms with Crippen LogP contribution in [-0.2, 0) is 26.1 Å². The molecule has 0 fully saturated rings. The molecule has 8 nitrogen and oxygen atoms in total. The molecule has 0 aliphatic carbocycles. The molecule has 0 atom stereocenters. The third-order valence-electron chi connectivity index (χ3n) is 3.41. The molecule has 3 rings (SSSR count). The first-order valence-electron chi connectivity index (χ1n) is 9.15. The Balaban J connectivity index is 0.000000580. The number of aromatic nitrogens is 1. The second-order valence-corrected chi connectivity index (χ2v) is 7.94. The van der Waals surface area contributed by atoms with Crippen molar-refractivity contribution in [1.29, 1.82) is 0 Å². The Bertz CT molecular complexity index is 1220. The molecule has 0 saturated heterocycles. The predicted octanol–water partition coefficient (Wildman–Crippen LogP) is 5.02. The van der Waals surface area contributed by atoms with Crippen molar-refractivity contribution in [2.24, 2.45) is 4.40 Å². The van der Waals surface area contributed by atoms with Crippen LogP contribution in [0.15, 0.2) is 56.8 Å². The van der Waals surface area contributed by atoms with Gasteiger partial charge in [-0.3, -0.25) is 9.59 Å². The molecule has 0 unspecified atom stereocenters. The van der Waals surface area contributed by atoms with Gasteiger partial charge in [0.25, 0.3) is 11.6 Å². The molecule has 1 aliphatic heterocycles. The number of alkyl halides is 12. The number of nitrogens with zero attached hydrogens (tertiary/aromatic N) is 3. The van der Waals surface area contributed by atoms with Crippen LogP contribution in [0.5, 0.6) is 0 Å². The molecular weight excluding hydrogens is 689 g/mol.